The van der Waals surface area contributed by atoms with Gasteiger partial charge in [0.1, 0.15) is 12.3 Å². The molecule has 11 heavy (non-hydrogen) atoms. The van der Waals surface area contributed by atoms with Crippen LogP contribution in [-0.2, 0) is 9.53 Å². The second kappa shape index (κ2) is 3.19. The fourth-order valence-electron chi connectivity index (χ4n) is 1.34. The molecule has 1 saturated heterocycles. The standard InChI is InChI=1S/C7H13NO3/c1-8-5(7(10)11-2)3-4-6(8)9/h5-6,9H,3-4H2,1-2H3. The Morgan fingerprint density at radius 1 is 1.64 bits per heavy atom. The number of aliphatic hydroxyl groups is 1. The van der Waals surface area contributed by atoms with Gasteiger partial charge in [0.15, 0.2) is 0 Å². The van der Waals surface area contributed by atoms with Gasteiger partial charge in [-0.2, -0.15) is 0 Å². The zero-order chi connectivity index (χ0) is 8.43. The van der Waals surface area contributed by atoms with Crippen LogP contribution in [0.1, 0.15) is 12.8 Å². The highest BCUT2D eigenvalue weighted by molar-refractivity contribution is 5.75. The number of nitrogens with zero attached hydrogens (tertiary/aromatic N) is 1. The summed E-state index contributed by atoms with van der Waals surface area (Å²) in [5.74, 6) is -0.260. The minimum atomic E-state index is -0.487. The highest BCUT2D eigenvalue weighted by Gasteiger charge is 2.34. The lowest BCUT2D eigenvalue weighted by molar-refractivity contribution is -0.147. The largest absolute Gasteiger partial charge is 0.468 e. The zero-order valence-corrected chi connectivity index (χ0v) is 6.78. The Balaban J connectivity index is 2.54. The number of hydrogen-bond acceptors (Lipinski definition) is 4. The molecule has 0 aromatic rings. The summed E-state index contributed by atoms with van der Waals surface area (Å²) in [6.07, 6.45) is 0.847. The van der Waals surface area contributed by atoms with Crippen LogP contribution in [0.5, 0.6) is 0 Å². The maximum Gasteiger partial charge on any atom is 0.323 e. The molecule has 0 aromatic carbocycles. The molecule has 0 aromatic heterocycles. The van der Waals surface area contributed by atoms with E-state index in [1.165, 1.54) is 7.11 Å². The molecule has 1 heterocycles. The minimum Gasteiger partial charge on any atom is -0.468 e. The smallest absolute Gasteiger partial charge is 0.323 e. The number of aliphatic hydroxyl groups excluding tert-OH is 1. The number of hydrogen-bond donors (Lipinski definition) is 1. The van der Waals surface area contributed by atoms with E-state index in [9.17, 15) is 9.90 Å². The number of likely N-dealkylation sites (tertiary alicyclic amines) is 1. The second-order valence-electron chi connectivity index (χ2n) is 2.76. The van der Waals surface area contributed by atoms with Crippen molar-refractivity contribution in [1.82, 2.24) is 4.90 Å². The topological polar surface area (TPSA) is 49.8 Å². The van der Waals surface area contributed by atoms with Crippen LogP contribution in [0.3, 0.4) is 0 Å². The van der Waals surface area contributed by atoms with Gasteiger partial charge in [0.2, 0.25) is 0 Å². The van der Waals surface area contributed by atoms with Crippen molar-refractivity contribution in [3.63, 3.8) is 0 Å². The first-order valence-corrected chi connectivity index (χ1v) is 3.64. The molecule has 1 aliphatic heterocycles. The van der Waals surface area contributed by atoms with Crippen LogP contribution in [0.2, 0.25) is 0 Å². The van der Waals surface area contributed by atoms with Gasteiger partial charge >= 0.3 is 5.97 Å². The monoisotopic (exact) mass is 159 g/mol. The number of carbonyl (C=O) groups excluding carboxylic acids is 1. The molecular weight excluding hydrogens is 146 g/mol. The number of carbonyl (C=O) groups is 1. The summed E-state index contributed by atoms with van der Waals surface area (Å²) in [6, 6.07) is -0.255. The van der Waals surface area contributed by atoms with Gasteiger partial charge in [0.05, 0.1) is 7.11 Å². The molecule has 1 aliphatic rings. The predicted octanol–water partition coefficient (Wildman–Crippen LogP) is -0.428. The fourth-order valence-corrected chi connectivity index (χ4v) is 1.34. The maximum atomic E-state index is 11.0. The van der Waals surface area contributed by atoms with Crippen molar-refractivity contribution < 1.29 is 14.6 Å². The van der Waals surface area contributed by atoms with Gasteiger partial charge in [-0.25, -0.2) is 0 Å². The number of esters is 1. The third-order valence-corrected chi connectivity index (χ3v) is 2.13. The van der Waals surface area contributed by atoms with Crippen molar-refractivity contribution in [3.8, 4) is 0 Å². The maximum absolute atomic E-state index is 11.0. The average molecular weight is 159 g/mol. The molecule has 1 fully saturated rings. The van der Waals surface area contributed by atoms with Gasteiger partial charge in [0, 0.05) is 0 Å². The van der Waals surface area contributed by atoms with Crippen molar-refractivity contribution in [1.29, 1.82) is 0 Å². The normalized spacial score (nSPS) is 32.3. The van der Waals surface area contributed by atoms with E-state index in [0.717, 1.165) is 0 Å². The predicted molar refractivity (Wildman–Crippen MR) is 38.8 cm³/mol. The third kappa shape index (κ3) is 1.52. The second-order valence-corrected chi connectivity index (χ2v) is 2.76. The molecule has 4 heteroatoms. The van der Waals surface area contributed by atoms with E-state index in [0.29, 0.717) is 12.8 Å². The van der Waals surface area contributed by atoms with Crippen LogP contribution in [0.25, 0.3) is 0 Å². The van der Waals surface area contributed by atoms with Crippen LogP contribution in [0.4, 0.5) is 0 Å². The van der Waals surface area contributed by atoms with Gasteiger partial charge in [0.25, 0.3) is 0 Å². The SMILES string of the molecule is COC(=O)C1CCC(O)N1C. The summed E-state index contributed by atoms with van der Waals surface area (Å²) in [5.41, 5.74) is 0. The first-order chi connectivity index (χ1) is 5.16. The Kier molecular flexibility index (Phi) is 2.46. The van der Waals surface area contributed by atoms with E-state index >= 15 is 0 Å². The van der Waals surface area contributed by atoms with Crippen molar-refractivity contribution in [2.45, 2.75) is 25.1 Å². The van der Waals surface area contributed by atoms with E-state index in [2.05, 4.69) is 4.74 Å². The molecule has 2 atom stereocenters. The zero-order valence-electron chi connectivity index (χ0n) is 6.78. The van der Waals surface area contributed by atoms with Crippen LogP contribution in [-0.4, -0.2) is 42.4 Å². The molecule has 0 saturated carbocycles. The average Bonchev–Trinajstić information content (AvgIpc) is 2.32. The molecule has 4 nitrogen and oxygen atoms in total. The number of rotatable bonds is 1. The Morgan fingerprint density at radius 3 is 2.64 bits per heavy atom. The molecule has 0 spiro atoms. The van der Waals surface area contributed by atoms with Crippen LogP contribution >= 0.6 is 0 Å². The highest BCUT2D eigenvalue weighted by atomic mass is 16.5. The Bertz CT molecular complexity index is 160. The van der Waals surface area contributed by atoms with Crippen molar-refractivity contribution in [3.05, 3.63) is 0 Å². The highest BCUT2D eigenvalue weighted by Crippen LogP contribution is 2.20. The molecule has 64 valence electrons. The lowest BCUT2D eigenvalue weighted by Crippen LogP contribution is -2.38. The molecule has 0 bridgehead atoms. The molecule has 2 unspecified atom stereocenters. The van der Waals surface area contributed by atoms with Gasteiger partial charge in [-0.3, -0.25) is 9.69 Å². The van der Waals surface area contributed by atoms with Gasteiger partial charge < -0.3 is 9.84 Å². The first kappa shape index (κ1) is 8.49. The Labute approximate surface area is 65.8 Å². The van der Waals surface area contributed by atoms with E-state index in [1.54, 1.807) is 11.9 Å². The quantitative estimate of drug-likeness (QED) is 0.527. The summed E-state index contributed by atoms with van der Waals surface area (Å²) in [6.45, 7) is 0. The number of methoxy groups -OCH3 is 1. The van der Waals surface area contributed by atoms with Gasteiger partial charge in [-0.05, 0) is 19.9 Å². The molecule has 1 N–H and O–H groups in total. The summed E-state index contributed by atoms with van der Waals surface area (Å²) < 4.78 is 4.56. The molecule has 0 amide bonds. The Morgan fingerprint density at radius 2 is 2.27 bits per heavy atom. The summed E-state index contributed by atoms with van der Waals surface area (Å²) in [5, 5.41) is 9.23. The van der Waals surface area contributed by atoms with E-state index < -0.39 is 6.23 Å². The van der Waals surface area contributed by atoms with E-state index in [4.69, 9.17) is 0 Å². The lowest BCUT2D eigenvalue weighted by atomic mass is 10.2. The summed E-state index contributed by atoms with van der Waals surface area (Å²) in [4.78, 5) is 12.6. The third-order valence-electron chi connectivity index (χ3n) is 2.13. The van der Waals surface area contributed by atoms with Crippen LogP contribution < -0.4 is 0 Å². The van der Waals surface area contributed by atoms with Crippen LogP contribution in [0.15, 0.2) is 0 Å². The van der Waals surface area contributed by atoms with E-state index in [-0.39, 0.29) is 12.0 Å². The number of likely N-dealkylation sites (N-methyl/N-ethyl adjacent to an activating group) is 1. The summed E-state index contributed by atoms with van der Waals surface area (Å²) >= 11 is 0. The fraction of sp³-hybridized carbons (Fsp3) is 0.857. The Hall–Kier alpha value is -0.610. The first-order valence-electron chi connectivity index (χ1n) is 3.64. The van der Waals surface area contributed by atoms with Crippen molar-refractivity contribution in [2.24, 2.45) is 0 Å². The van der Waals surface area contributed by atoms with Gasteiger partial charge in [-0.1, -0.05) is 0 Å². The van der Waals surface area contributed by atoms with Crippen LogP contribution in [0, 0.1) is 0 Å². The van der Waals surface area contributed by atoms with E-state index in [1.807, 2.05) is 0 Å². The lowest BCUT2D eigenvalue weighted by Gasteiger charge is -2.19. The molecular formula is C7H13NO3. The molecule has 1 rings (SSSR count). The van der Waals surface area contributed by atoms with Gasteiger partial charge in [-0.15, -0.1) is 0 Å². The van der Waals surface area contributed by atoms with Crippen molar-refractivity contribution in [2.75, 3.05) is 14.2 Å². The molecule has 0 radical (unpaired) electrons. The molecule has 0 aliphatic carbocycles. The summed E-state index contributed by atoms with van der Waals surface area (Å²) in [7, 11) is 3.08. The number of ether oxygens (including phenoxy) is 1. The van der Waals surface area contributed by atoms with Crippen molar-refractivity contribution >= 4 is 5.97 Å². The minimum absolute atomic E-state index is 0.255.